The maximum absolute atomic E-state index is 5.75. The lowest BCUT2D eigenvalue weighted by atomic mass is 10.2. The van der Waals surface area contributed by atoms with Crippen molar-refractivity contribution in [1.29, 1.82) is 0 Å². The van der Waals surface area contributed by atoms with Gasteiger partial charge in [-0.2, -0.15) is 11.8 Å². The van der Waals surface area contributed by atoms with Crippen LogP contribution in [0.15, 0.2) is 0 Å². The first-order valence-electron chi connectivity index (χ1n) is 3.55. The Bertz CT molecular complexity index is 56.9. The summed E-state index contributed by atoms with van der Waals surface area (Å²) < 4.78 is 0. The summed E-state index contributed by atoms with van der Waals surface area (Å²) in [5, 5.41) is 0. The van der Waals surface area contributed by atoms with Crippen molar-refractivity contribution in [3.63, 3.8) is 0 Å². The van der Waals surface area contributed by atoms with Gasteiger partial charge < -0.3 is 5.73 Å². The van der Waals surface area contributed by atoms with E-state index in [1.165, 1.54) is 19.3 Å². The molecule has 9 heavy (non-hydrogen) atoms. The molecule has 0 saturated heterocycles. The zero-order chi connectivity index (χ0) is 7.11. The van der Waals surface area contributed by atoms with E-state index in [1.54, 1.807) is 0 Å². The third-order valence-electron chi connectivity index (χ3n) is 1.31. The lowest BCUT2D eigenvalue weighted by Crippen LogP contribution is -2.22. The Morgan fingerprint density at radius 3 is 2.67 bits per heavy atom. The van der Waals surface area contributed by atoms with Crippen LogP contribution in [-0.2, 0) is 0 Å². The molecule has 0 aromatic heterocycles. The van der Waals surface area contributed by atoms with Gasteiger partial charge in [0, 0.05) is 11.8 Å². The van der Waals surface area contributed by atoms with E-state index in [9.17, 15) is 0 Å². The van der Waals surface area contributed by atoms with Crippen LogP contribution in [0.4, 0.5) is 0 Å². The summed E-state index contributed by atoms with van der Waals surface area (Å²) in [7, 11) is 0. The van der Waals surface area contributed by atoms with Gasteiger partial charge in [-0.3, -0.25) is 0 Å². The topological polar surface area (TPSA) is 26.0 Å². The van der Waals surface area contributed by atoms with Crippen molar-refractivity contribution in [1.82, 2.24) is 0 Å². The Kier molecular flexibility index (Phi) is 6.65. The Hall–Kier alpha value is 0.310. The van der Waals surface area contributed by atoms with Crippen LogP contribution in [-0.4, -0.2) is 18.1 Å². The van der Waals surface area contributed by atoms with Crippen molar-refractivity contribution in [3.05, 3.63) is 0 Å². The molecule has 0 rings (SSSR count). The van der Waals surface area contributed by atoms with Gasteiger partial charge in [0.15, 0.2) is 0 Å². The fraction of sp³-hybridized carbons (Fsp3) is 1.00. The number of nitrogens with two attached hydrogens (primary N) is 1. The molecule has 2 N–H and O–H groups in total. The monoisotopic (exact) mass is 147 g/mol. The third kappa shape index (κ3) is 6.19. The predicted octanol–water partition coefficient (Wildman–Crippen LogP) is 1.87. The van der Waals surface area contributed by atoms with Crippen LogP contribution in [0.5, 0.6) is 0 Å². The van der Waals surface area contributed by atoms with Crippen LogP contribution in [0.1, 0.15) is 26.2 Å². The molecule has 0 aliphatic rings. The molecule has 56 valence electrons. The quantitative estimate of drug-likeness (QED) is 0.642. The SMILES string of the molecule is CCCC[C@@H](N)CSC. The number of hydrogen-bond acceptors (Lipinski definition) is 2. The molecule has 0 bridgehead atoms. The minimum absolute atomic E-state index is 0.431. The maximum atomic E-state index is 5.75. The van der Waals surface area contributed by atoms with Crippen LogP contribution in [0.25, 0.3) is 0 Å². The molecule has 0 unspecified atom stereocenters. The molecule has 0 aliphatic carbocycles. The van der Waals surface area contributed by atoms with E-state index in [0.717, 1.165) is 5.75 Å². The van der Waals surface area contributed by atoms with E-state index in [2.05, 4.69) is 13.2 Å². The molecule has 1 atom stereocenters. The Labute approximate surface area is 62.4 Å². The van der Waals surface area contributed by atoms with Gasteiger partial charge in [-0.05, 0) is 12.7 Å². The standard InChI is InChI=1S/C7H17NS/c1-3-4-5-7(8)6-9-2/h7H,3-6,8H2,1-2H3/t7-/m1/s1. The lowest BCUT2D eigenvalue weighted by Gasteiger charge is -2.07. The minimum atomic E-state index is 0.431. The molecular formula is C7H17NS. The van der Waals surface area contributed by atoms with E-state index in [4.69, 9.17) is 5.73 Å². The van der Waals surface area contributed by atoms with Crippen molar-refractivity contribution in [2.75, 3.05) is 12.0 Å². The lowest BCUT2D eigenvalue weighted by molar-refractivity contribution is 0.622. The molecule has 0 aromatic rings. The van der Waals surface area contributed by atoms with E-state index >= 15 is 0 Å². The zero-order valence-corrected chi connectivity index (χ0v) is 7.21. The molecule has 0 heterocycles. The summed E-state index contributed by atoms with van der Waals surface area (Å²) in [6, 6.07) is 0.431. The minimum Gasteiger partial charge on any atom is -0.327 e. The molecule has 0 radical (unpaired) electrons. The summed E-state index contributed by atoms with van der Waals surface area (Å²) >= 11 is 1.84. The maximum Gasteiger partial charge on any atom is 0.0130 e. The second-order valence-corrected chi connectivity index (χ2v) is 3.27. The van der Waals surface area contributed by atoms with Gasteiger partial charge in [0.25, 0.3) is 0 Å². The molecule has 0 fully saturated rings. The fourth-order valence-corrected chi connectivity index (χ4v) is 1.36. The summed E-state index contributed by atoms with van der Waals surface area (Å²) in [6.07, 6.45) is 5.84. The summed E-state index contributed by atoms with van der Waals surface area (Å²) in [5.74, 6) is 1.11. The first kappa shape index (κ1) is 9.31. The first-order valence-corrected chi connectivity index (χ1v) is 4.95. The van der Waals surface area contributed by atoms with Crippen molar-refractivity contribution in [2.24, 2.45) is 5.73 Å². The molecule has 0 spiro atoms. The average molecular weight is 147 g/mol. The van der Waals surface area contributed by atoms with Crippen molar-refractivity contribution >= 4 is 11.8 Å². The van der Waals surface area contributed by atoms with Crippen molar-refractivity contribution in [3.8, 4) is 0 Å². The molecule has 0 saturated carbocycles. The highest BCUT2D eigenvalue weighted by Crippen LogP contribution is 2.02. The van der Waals surface area contributed by atoms with Crippen molar-refractivity contribution < 1.29 is 0 Å². The normalized spacial score (nSPS) is 13.7. The Morgan fingerprint density at radius 2 is 2.22 bits per heavy atom. The smallest absolute Gasteiger partial charge is 0.0130 e. The molecule has 2 heteroatoms. The average Bonchev–Trinajstić information content (AvgIpc) is 1.85. The number of thioether (sulfide) groups is 1. The Morgan fingerprint density at radius 1 is 1.56 bits per heavy atom. The number of hydrogen-bond donors (Lipinski definition) is 1. The second-order valence-electron chi connectivity index (χ2n) is 2.36. The largest absolute Gasteiger partial charge is 0.327 e. The van der Waals surface area contributed by atoms with Gasteiger partial charge in [-0.15, -0.1) is 0 Å². The van der Waals surface area contributed by atoms with Crippen LogP contribution in [0, 0.1) is 0 Å². The number of rotatable bonds is 5. The highest BCUT2D eigenvalue weighted by atomic mass is 32.2. The van der Waals surface area contributed by atoms with Crippen LogP contribution in [0.3, 0.4) is 0 Å². The molecule has 0 aromatic carbocycles. The van der Waals surface area contributed by atoms with Gasteiger partial charge in [0.2, 0.25) is 0 Å². The Balaban J connectivity index is 2.95. The zero-order valence-electron chi connectivity index (χ0n) is 6.39. The van der Waals surface area contributed by atoms with Gasteiger partial charge in [-0.25, -0.2) is 0 Å². The second kappa shape index (κ2) is 6.43. The summed E-state index contributed by atoms with van der Waals surface area (Å²) in [4.78, 5) is 0. The molecule has 1 nitrogen and oxygen atoms in total. The third-order valence-corrected chi connectivity index (χ3v) is 2.07. The van der Waals surface area contributed by atoms with Crippen LogP contribution >= 0.6 is 11.8 Å². The number of unbranched alkanes of at least 4 members (excludes halogenated alkanes) is 1. The van der Waals surface area contributed by atoms with E-state index in [1.807, 2.05) is 11.8 Å². The van der Waals surface area contributed by atoms with E-state index in [-0.39, 0.29) is 0 Å². The fourth-order valence-electron chi connectivity index (χ4n) is 0.764. The molecular weight excluding hydrogens is 130 g/mol. The highest BCUT2D eigenvalue weighted by Gasteiger charge is 1.98. The van der Waals surface area contributed by atoms with E-state index in [0.29, 0.717) is 6.04 Å². The molecule has 0 aliphatic heterocycles. The van der Waals surface area contributed by atoms with Gasteiger partial charge in [0.05, 0.1) is 0 Å². The summed E-state index contributed by atoms with van der Waals surface area (Å²) in [6.45, 7) is 2.20. The van der Waals surface area contributed by atoms with Gasteiger partial charge >= 0.3 is 0 Å². The van der Waals surface area contributed by atoms with Crippen LogP contribution < -0.4 is 5.73 Å². The predicted molar refractivity (Wildman–Crippen MR) is 45.9 cm³/mol. The van der Waals surface area contributed by atoms with Crippen LogP contribution in [0.2, 0.25) is 0 Å². The summed E-state index contributed by atoms with van der Waals surface area (Å²) in [5.41, 5.74) is 5.75. The first-order chi connectivity index (χ1) is 4.31. The van der Waals surface area contributed by atoms with Crippen molar-refractivity contribution in [2.45, 2.75) is 32.2 Å². The van der Waals surface area contributed by atoms with Gasteiger partial charge in [0.1, 0.15) is 0 Å². The highest BCUT2D eigenvalue weighted by molar-refractivity contribution is 7.98. The molecule has 0 amide bonds. The van der Waals surface area contributed by atoms with E-state index < -0.39 is 0 Å². The van der Waals surface area contributed by atoms with Gasteiger partial charge in [-0.1, -0.05) is 19.8 Å².